The first-order chi connectivity index (χ1) is 36.9. The molecule has 0 spiro atoms. The molecule has 0 aliphatic rings. The van der Waals surface area contributed by atoms with Crippen LogP contribution < -0.4 is 36.1 Å². The molecular weight excluding hydrogens is 1260 g/mol. The van der Waals surface area contributed by atoms with Crippen molar-refractivity contribution in [2.75, 3.05) is 30.3 Å². The third-order valence-electron chi connectivity index (χ3n) is 11.7. The number of nitrogens with zero attached hydrogens (tertiary/aromatic N) is 6. The fraction of sp³-hybridized carbons (Fsp3) is 0.236. The number of fused-ring (bicyclic) bond motifs is 2. The third-order valence-corrected chi connectivity index (χ3v) is 17.2. The molecule has 23 heteroatoms. The second kappa shape index (κ2) is 27.4. The van der Waals surface area contributed by atoms with Crippen LogP contribution in [0.25, 0.3) is 78.0 Å². The summed E-state index contributed by atoms with van der Waals surface area (Å²) in [4.78, 5) is 26.2. The zero-order valence-corrected chi connectivity index (χ0v) is 49.5. The Hall–Kier alpha value is -6.52. The van der Waals surface area contributed by atoms with Crippen molar-refractivity contribution >= 4 is 89.2 Å². The number of benzene rings is 4. The second-order valence-electron chi connectivity index (χ2n) is 17.3. The van der Waals surface area contributed by atoms with Gasteiger partial charge in [0.2, 0.25) is 31.9 Å². The Morgan fingerprint density at radius 1 is 0.615 bits per heavy atom. The van der Waals surface area contributed by atoms with Gasteiger partial charge in [-0.05, 0) is 117 Å². The first-order valence-electron chi connectivity index (χ1n) is 24.3. The summed E-state index contributed by atoms with van der Waals surface area (Å²) < 4.78 is 65.7. The van der Waals surface area contributed by atoms with Crippen LogP contribution in [0.2, 0.25) is 0 Å². The summed E-state index contributed by atoms with van der Waals surface area (Å²) in [6.07, 6.45) is 4.78. The molecule has 4 aromatic carbocycles. The summed E-state index contributed by atoms with van der Waals surface area (Å²) in [5.74, 6) is 1.76. The van der Waals surface area contributed by atoms with Crippen LogP contribution >= 0.6 is 22.6 Å². The molecule has 18 nitrogen and oxygen atoms in total. The van der Waals surface area contributed by atoms with E-state index < -0.39 is 27.2 Å². The molecule has 78 heavy (non-hydrogen) atoms. The third kappa shape index (κ3) is 15.0. The number of hydrogen-bond acceptors (Lipinski definition) is 14. The van der Waals surface area contributed by atoms with Gasteiger partial charge >= 0.3 is 51.0 Å². The molecule has 0 bridgehead atoms. The van der Waals surface area contributed by atoms with Crippen LogP contribution in [-0.2, 0) is 20.0 Å². The number of H-pyrrole nitrogens is 2. The number of anilines is 2. The van der Waals surface area contributed by atoms with E-state index in [4.69, 9.17) is 9.05 Å². The molecular formula is C55H62BI2N10O8S2-. The first kappa shape index (κ1) is 60.7. The first-order valence-corrected chi connectivity index (χ1v) is 32.3. The molecule has 6 heterocycles. The minimum Gasteiger partial charge on any atom is -0.423 e. The van der Waals surface area contributed by atoms with Crippen molar-refractivity contribution in [3.05, 3.63) is 148 Å². The molecule has 0 amide bonds. The Kier molecular flexibility index (Phi) is 21.3. The van der Waals surface area contributed by atoms with Crippen LogP contribution in [0.5, 0.6) is 0 Å². The van der Waals surface area contributed by atoms with Gasteiger partial charge in [0, 0.05) is 49.2 Å². The van der Waals surface area contributed by atoms with E-state index in [-0.39, 0.29) is 30.8 Å². The van der Waals surface area contributed by atoms with E-state index in [0.717, 1.165) is 82.0 Å². The van der Waals surface area contributed by atoms with Gasteiger partial charge in [0.25, 0.3) is 0 Å². The molecule has 6 aromatic heterocycles. The van der Waals surface area contributed by atoms with Crippen LogP contribution in [0, 0.1) is 31.3 Å². The smallest absolute Gasteiger partial charge is 0.423 e. The Morgan fingerprint density at radius 3 is 1.55 bits per heavy atom. The maximum atomic E-state index is 12.2. The average Bonchev–Trinajstić information content (AvgIpc) is 4.25. The van der Waals surface area contributed by atoms with Gasteiger partial charge in [0.1, 0.15) is 17.0 Å². The summed E-state index contributed by atoms with van der Waals surface area (Å²) in [6.45, 7) is 12.9. The number of hydrogen-bond donors (Lipinski definition) is 6. The van der Waals surface area contributed by atoms with E-state index in [2.05, 4.69) is 84.1 Å². The minimum atomic E-state index is -3.50. The van der Waals surface area contributed by atoms with E-state index in [0.29, 0.717) is 49.2 Å². The maximum absolute atomic E-state index is 12.2. The van der Waals surface area contributed by atoms with E-state index in [9.17, 15) is 26.9 Å². The van der Waals surface area contributed by atoms with Crippen molar-refractivity contribution in [1.82, 2.24) is 40.2 Å². The number of aromatic amines is 2. The van der Waals surface area contributed by atoms with E-state index in [1.165, 1.54) is 10.8 Å². The van der Waals surface area contributed by atoms with Gasteiger partial charge in [-0.25, -0.2) is 26.8 Å². The monoisotopic (exact) mass is 1320 g/mol. The van der Waals surface area contributed by atoms with Crippen molar-refractivity contribution in [2.45, 2.75) is 62.3 Å². The molecule has 6 N–H and O–H groups in total. The van der Waals surface area contributed by atoms with Crippen molar-refractivity contribution < 1.29 is 57.1 Å². The number of aryl methyl sites for hydroxylation is 4. The van der Waals surface area contributed by atoms with Crippen LogP contribution in [-0.4, -0.2) is 95.1 Å². The number of aromatic nitrogens is 8. The predicted octanol–water partition coefficient (Wildman–Crippen LogP) is 7.71. The van der Waals surface area contributed by atoms with Crippen LogP contribution in [0.3, 0.4) is 0 Å². The molecule has 0 fully saturated rings. The normalized spacial score (nSPS) is 11.2. The zero-order valence-electron chi connectivity index (χ0n) is 43.6. The summed E-state index contributed by atoms with van der Waals surface area (Å²) in [5, 5.41) is 26.4. The molecule has 0 aliphatic heterocycles. The van der Waals surface area contributed by atoms with Gasteiger partial charge < -0.3 is 29.1 Å². The van der Waals surface area contributed by atoms with Gasteiger partial charge in [0.15, 0.2) is 0 Å². The van der Waals surface area contributed by atoms with Gasteiger partial charge in [-0.3, -0.25) is 19.4 Å². The standard InChI is InChI=1S/C25H23N5O3S.C14H15IN4O3S.C11H10BNO2.C4H10I.CH4/c1-4-34(31,32)30-25-27-21-14-18(22-15(2)29-33-16(22)3)13-20(24(21)28-25)19-11-8-12-26-23(19)17-9-6-5-7-10-17;1-4-23(20,21)19-14-16-11-6-9(5-10(15)13(11)17-14)12-7(2)18-22-8(12)3;14-12(15)10-7-4-8-13-11(10)9-5-2-1-3-6-9;1-3-4-5-2;/h5-14H,4H2,1-3H3,(H2,27,28,30);5-6H,4H2,1-3H3,(H2,16,17,19);1-8,14-15H;3-4H2,1-2H3;1H4/q;;;-1;. The van der Waals surface area contributed by atoms with Gasteiger partial charge in [-0.15, -0.1) is 0 Å². The number of rotatable bonds is 14. The summed E-state index contributed by atoms with van der Waals surface area (Å²) in [5.41, 5.74) is 13.4. The second-order valence-corrected chi connectivity index (χ2v) is 25.0. The minimum absolute atomic E-state index is 0. The Labute approximate surface area is 479 Å². The number of pyridine rings is 2. The van der Waals surface area contributed by atoms with Crippen molar-refractivity contribution in [1.29, 1.82) is 0 Å². The molecule has 0 unspecified atom stereocenters. The van der Waals surface area contributed by atoms with E-state index in [1.807, 2.05) is 125 Å². The van der Waals surface area contributed by atoms with Gasteiger partial charge in [0.05, 0.1) is 50.8 Å². The SMILES string of the molecule is C.CCC[I-]C.CCS(=O)(=O)Nc1nc2c(-c3cccnc3-c3ccccc3)cc(-c3c(C)noc3C)cc2[nH]1.CCS(=O)(=O)Nc1nc2c(I)cc(-c3c(C)noc3C)cc2[nH]1.OB(O)c1cccnc1-c1ccccc1. The fourth-order valence-electron chi connectivity index (χ4n) is 8.11. The van der Waals surface area contributed by atoms with E-state index >= 15 is 0 Å². The van der Waals surface area contributed by atoms with Crippen molar-refractivity contribution in [3.8, 4) is 55.9 Å². The van der Waals surface area contributed by atoms with Crippen LogP contribution in [0.1, 0.15) is 57.5 Å². The molecule has 410 valence electrons. The Balaban J connectivity index is 0.000000193. The van der Waals surface area contributed by atoms with E-state index in [1.54, 1.807) is 38.4 Å². The summed E-state index contributed by atoms with van der Waals surface area (Å²) >= 11 is 2.79. The average molecular weight is 1320 g/mol. The molecule has 0 atom stereocenters. The molecule has 0 saturated carbocycles. The van der Waals surface area contributed by atoms with Gasteiger partial charge in [-0.2, -0.15) is 0 Å². The summed E-state index contributed by atoms with van der Waals surface area (Å²) in [7, 11) is -8.36. The van der Waals surface area contributed by atoms with Crippen LogP contribution in [0.4, 0.5) is 11.9 Å². The molecule has 0 saturated heterocycles. The largest absolute Gasteiger partial charge is 0.490 e. The predicted molar refractivity (Wildman–Crippen MR) is 317 cm³/mol. The molecule has 0 aliphatic carbocycles. The summed E-state index contributed by atoms with van der Waals surface area (Å²) in [6, 6.07) is 34.4. The van der Waals surface area contributed by atoms with Crippen LogP contribution in [0.15, 0.2) is 131 Å². The molecule has 10 rings (SSSR count). The number of halogens is 2. The number of nitrogens with one attached hydrogen (secondary N) is 4. The zero-order chi connectivity index (χ0) is 55.4. The number of sulfonamides is 2. The van der Waals surface area contributed by atoms with Crippen molar-refractivity contribution in [3.63, 3.8) is 0 Å². The quantitative estimate of drug-likeness (QED) is 0.0346. The number of imidazole rings is 2. The molecule has 10 aromatic rings. The Bertz CT molecular complexity index is 3800. The van der Waals surface area contributed by atoms with Gasteiger partial charge in [-0.1, -0.05) is 90.5 Å². The fourth-order valence-corrected chi connectivity index (χ4v) is 11.0. The number of alkyl halides is 2. The Morgan fingerprint density at radius 2 is 1.09 bits per heavy atom. The molecule has 0 radical (unpaired) electrons. The van der Waals surface area contributed by atoms with Crippen molar-refractivity contribution in [2.24, 2.45) is 0 Å². The topological polar surface area (TPSA) is 268 Å². The maximum Gasteiger partial charge on any atom is 0.490 e.